The molecule has 6 nitrogen and oxygen atoms in total. The van der Waals surface area contributed by atoms with Crippen LogP contribution in [0, 0.1) is 0 Å². The first-order valence-electron chi connectivity index (χ1n) is 10.5. The first-order valence-corrected chi connectivity index (χ1v) is 10.5. The molecule has 3 aromatic carbocycles. The molecular formula is C27H25NO5. The summed E-state index contributed by atoms with van der Waals surface area (Å²) in [4.78, 5) is 15.6. The lowest BCUT2D eigenvalue weighted by Crippen LogP contribution is -2.37. The smallest absolute Gasteiger partial charge is 0.188 e. The Hall–Kier alpha value is -4.19. The molecule has 6 heteroatoms. The molecule has 0 aliphatic carbocycles. The number of phenols is 2. The maximum Gasteiger partial charge on any atom is 0.188 e. The number of carbonyl (C=O) groups excluding carboxylic acids is 1. The van der Waals surface area contributed by atoms with Crippen LogP contribution in [0.1, 0.15) is 11.1 Å². The first kappa shape index (κ1) is 22.0. The quantitative estimate of drug-likeness (QED) is 0.558. The number of rotatable bonds is 5. The third-order valence-electron chi connectivity index (χ3n) is 5.52. The highest BCUT2D eigenvalue weighted by atomic mass is 16.5. The maximum atomic E-state index is 13.4. The summed E-state index contributed by atoms with van der Waals surface area (Å²) in [5.74, 6) is 0.727. The second-order valence-electron chi connectivity index (χ2n) is 7.72. The minimum atomic E-state index is -0.0544. The van der Waals surface area contributed by atoms with Gasteiger partial charge in [0.25, 0.3) is 0 Å². The number of para-hydroxylation sites is 1. The van der Waals surface area contributed by atoms with Gasteiger partial charge in [-0.3, -0.25) is 4.79 Å². The Bertz CT molecular complexity index is 1160. The van der Waals surface area contributed by atoms with Crippen LogP contribution in [0.4, 0.5) is 5.69 Å². The van der Waals surface area contributed by atoms with Gasteiger partial charge in [0.1, 0.15) is 0 Å². The lowest BCUT2D eigenvalue weighted by molar-refractivity contribution is -0.112. The Morgan fingerprint density at radius 3 is 1.70 bits per heavy atom. The van der Waals surface area contributed by atoms with Crippen LogP contribution < -0.4 is 14.4 Å². The Morgan fingerprint density at radius 1 is 0.758 bits per heavy atom. The molecule has 168 valence electrons. The standard InChI is InChI=1S/C27H25NO5/c1-32-25-14-18(8-10-23(25)29)12-20-16-28(22-6-4-3-5-7-22)17-21(27(20)31)13-19-9-11-24(30)26(15-19)33-2/h3-15,29-30H,16-17H2,1-2H3/b20-12+,21-13+. The molecule has 0 spiro atoms. The number of carbonyl (C=O) groups is 1. The lowest BCUT2D eigenvalue weighted by atomic mass is 9.93. The van der Waals surface area contributed by atoms with Gasteiger partial charge in [0.15, 0.2) is 28.8 Å². The van der Waals surface area contributed by atoms with Crippen LogP contribution in [0.3, 0.4) is 0 Å². The summed E-state index contributed by atoms with van der Waals surface area (Å²) in [7, 11) is 2.98. The van der Waals surface area contributed by atoms with Crippen LogP contribution in [0.2, 0.25) is 0 Å². The normalized spacial score (nSPS) is 16.3. The minimum absolute atomic E-state index is 0.0439. The van der Waals surface area contributed by atoms with Crippen molar-refractivity contribution in [1.29, 1.82) is 0 Å². The number of methoxy groups -OCH3 is 2. The molecule has 1 aliphatic heterocycles. The summed E-state index contributed by atoms with van der Waals surface area (Å²) < 4.78 is 10.4. The van der Waals surface area contributed by atoms with Gasteiger partial charge in [-0.1, -0.05) is 30.3 Å². The predicted octanol–water partition coefficient (Wildman–Crippen LogP) is 4.67. The van der Waals surface area contributed by atoms with Crippen LogP contribution in [0.25, 0.3) is 12.2 Å². The van der Waals surface area contributed by atoms with Gasteiger partial charge in [0.2, 0.25) is 0 Å². The fourth-order valence-electron chi connectivity index (χ4n) is 3.83. The van der Waals surface area contributed by atoms with Crippen molar-refractivity contribution < 1.29 is 24.5 Å². The van der Waals surface area contributed by atoms with E-state index in [1.807, 2.05) is 42.5 Å². The number of aromatic hydroxyl groups is 2. The molecule has 0 saturated carbocycles. The highest BCUT2D eigenvalue weighted by Gasteiger charge is 2.26. The molecule has 1 heterocycles. The number of hydrogen-bond acceptors (Lipinski definition) is 6. The Morgan fingerprint density at radius 2 is 1.24 bits per heavy atom. The van der Waals surface area contributed by atoms with E-state index in [1.54, 1.807) is 36.4 Å². The van der Waals surface area contributed by atoms with Crippen molar-refractivity contribution in [2.75, 3.05) is 32.2 Å². The predicted molar refractivity (Wildman–Crippen MR) is 129 cm³/mol. The van der Waals surface area contributed by atoms with Crippen LogP contribution >= 0.6 is 0 Å². The molecule has 0 bridgehead atoms. The molecule has 0 amide bonds. The van der Waals surface area contributed by atoms with E-state index in [-0.39, 0.29) is 17.3 Å². The van der Waals surface area contributed by atoms with Crippen LogP contribution in [-0.4, -0.2) is 43.3 Å². The molecule has 1 fully saturated rings. The van der Waals surface area contributed by atoms with E-state index in [2.05, 4.69) is 4.90 Å². The van der Waals surface area contributed by atoms with Crippen LogP contribution in [0.5, 0.6) is 23.0 Å². The summed E-state index contributed by atoms with van der Waals surface area (Å²) in [6.45, 7) is 0.893. The number of Topliss-reactive ketones (excluding diaryl/α,β-unsaturated/α-hetero) is 1. The Kier molecular flexibility index (Phi) is 6.36. The van der Waals surface area contributed by atoms with Gasteiger partial charge in [-0.25, -0.2) is 0 Å². The highest BCUT2D eigenvalue weighted by Crippen LogP contribution is 2.31. The van der Waals surface area contributed by atoms with E-state index in [9.17, 15) is 15.0 Å². The van der Waals surface area contributed by atoms with Crippen molar-refractivity contribution in [3.63, 3.8) is 0 Å². The van der Waals surface area contributed by atoms with E-state index in [4.69, 9.17) is 9.47 Å². The molecule has 2 N–H and O–H groups in total. The van der Waals surface area contributed by atoms with Gasteiger partial charge in [-0.2, -0.15) is 0 Å². The molecule has 0 atom stereocenters. The van der Waals surface area contributed by atoms with Crippen molar-refractivity contribution >= 4 is 23.6 Å². The van der Waals surface area contributed by atoms with Crippen LogP contribution in [-0.2, 0) is 4.79 Å². The van der Waals surface area contributed by atoms with Crippen LogP contribution in [0.15, 0.2) is 77.9 Å². The van der Waals surface area contributed by atoms with Crippen molar-refractivity contribution in [3.8, 4) is 23.0 Å². The molecule has 4 rings (SSSR count). The van der Waals surface area contributed by atoms with Gasteiger partial charge in [0.05, 0.1) is 14.2 Å². The number of anilines is 1. The zero-order chi connectivity index (χ0) is 23.4. The minimum Gasteiger partial charge on any atom is -0.504 e. The van der Waals surface area contributed by atoms with E-state index >= 15 is 0 Å². The maximum absolute atomic E-state index is 13.4. The molecule has 1 saturated heterocycles. The Balaban J connectivity index is 1.76. The van der Waals surface area contributed by atoms with Crippen molar-refractivity contribution in [2.45, 2.75) is 0 Å². The topological polar surface area (TPSA) is 79.2 Å². The van der Waals surface area contributed by atoms with Gasteiger partial charge in [-0.05, 0) is 59.7 Å². The SMILES string of the molecule is COc1cc(/C=C2\CN(c3ccccc3)C/C(=C\c3ccc(O)c(OC)c3)C2=O)ccc1O. The number of hydrogen-bond donors (Lipinski definition) is 2. The second-order valence-corrected chi connectivity index (χ2v) is 7.72. The largest absolute Gasteiger partial charge is 0.504 e. The molecule has 0 radical (unpaired) electrons. The number of ketones is 1. The number of phenolic OH excluding ortho intramolecular Hbond substituents is 2. The summed E-state index contributed by atoms with van der Waals surface area (Å²) in [5, 5.41) is 19.8. The third-order valence-corrected chi connectivity index (χ3v) is 5.52. The van der Waals surface area contributed by atoms with E-state index in [0.29, 0.717) is 35.7 Å². The molecule has 3 aromatic rings. The van der Waals surface area contributed by atoms with Crippen molar-refractivity contribution in [2.24, 2.45) is 0 Å². The van der Waals surface area contributed by atoms with Gasteiger partial charge in [-0.15, -0.1) is 0 Å². The summed E-state index contributed by atoms with van der Waals surface area (Å²) >= 11 is 0. The zero-order valence-corrected chi connectivity index (χ0v) is 18.5. The second kappa shape index (κ2) is 9.53. The average Bonchev–Trinajstić information content (AvgIpc) is 2.84. The lowest BCUT2D eigenvalue weighted by Gasteiger charge is -2.31. The third kappa shape index (κ3) is 4.85. The van der Waals surface area contributed by atoms with E-state index in [1.165, 1.54) is 14.2 Å². The number of nitrogens with zero attached hydrogens (tertiary/aromatic N) is 1. The highest BCUT2D eigenvalue weighted by molar-refractivity contribution is 6.15. The van der Waals surface area contributed by atoms with E-state index in [0.717, 1.165) is 16.8 Å². The molecule has 33 heavy (non-hydrogen) atoms. The average molecular weight is 443 g/mol. The van der Waals surface area contributed by atoms with Gasteiger partial charge in [0, 0.05) is 29.9 Å². The summed E-state index contributed by atoms with van der Waals surface area (Å²) in [6.07, 6.45) is 3.65. The van der Waals surface area contributed by atoms with Crippen molar-refractivity contribution in [3.05, 3.63) is 89.0 Å². The number of benzene rings is 3. The first-order chi connectivity index (χ1) is 16.0. The van der Waals surface area contributed by atoms with Gasteiger partial charge >= 0.3 is 0 Å². The zero-order valence-electron chi connectivity index (χ0n) is 18.5. The number of ether oxygens (including phenoxy) is 2. The van der Waals surface area contributed by atoms with Gasteiger partial charge < -0.3 is 24.6 Å². The fourth-order valence-corrected chi connectivity index (χ4v) is 3.83. The molecule has 0 aromatic heterocycles. The monoisotopic (exact) mass is 443 g/mol. The summed E-state index contributed by atoms with van der Waals surface area (Å²) in [6, 6.07) is 19.9. The van der Waals surface area contributed by atoms with Crippen molar-refractivity contribution in [1.82, 2.24) is 0 Å². The fraction of sp³-hybridized carbons (Fsp3) is 0.148. The molecule has 1 aliphatic rings. The number of piperidine rings is 1. The van der Waals surface area contributed by atoms with E-state index < -0.39 is 0 Å². The molecular weight excluding hydrogens is 418 g/mol. The molecule has 0 unspecified atom stereocenters. The summed E-state index contributed by atoms with van der Waals surface area (Å²) in [5.41, 5.74) is 3.76. The Labute approximate surface area is 192 Å².